The van der Waals surface area contributed by atoms with Crippen molar-refractivity contribution >= 4 is 22.8 Å². The Labute approximate surface area is 117 Å². The van der Waals surface area contributed by atoms with Gasteiger partial charge in [-0.15, -0.1) is 0 Å². The lowest BCUT2D eigenvalue weighted by Gasteiger charge is -2.02. The van der Waals surface area contributed by atoms with Gasteiger partial charge in [-0.3, -0.25) is 4.99 Å². The van der Waals surface area contributed by atoms with E-state index in [-0.39, 0.29) is 0 Å². The van der Waals surface area contributed by atoms with E-state index in [1.807, 2.05) is 49.4 Å². The number of imidazole rings is 1. The van der Waals surface area contributed by atoms with Crippen molar-refractivity contribution in [2.45, 2.75) is 13.5 Å². The number of nitrogens with zero attached hydrogens (tertiary/aromatic N) is 2. The first-order valence-corrected chi connectivity index (χ1v) is 6.58. The minimum absolute atomic E-state index is 0.667. The zero-order valence-electron chi connectivity index (χ0n) is 11.3. The summed E-state index contributed by atoms with van der Waals surface area (Å²) in [7, 11) is 0. The van der Waals surface area contributed by atoms with E-state index in [0.717, 1.165) is 22.8 Å². The number of hydrogen-bond donors (Lipinski definition) is 2. The van der Waals surface area contributed by atoms with E-state index in [9.17, 15) is 0 Å². The van der Waals surface area contributed by atoms with Crippen LogP contribution >= 0.6 is 0 Å². The van der Waals surface area contributed by atoms with Gasteiger partial charge in [0.2, 0.25) is 5.95 Å². The minimum atomic E-state index is 0.667. The number of nitrogens with one attached hydrogen (secondary N) is 2. The molecule has 1 aromatic heterocycles. The highest BCUT2D eigenvalue weighted by molar-refractivity contribution is 5.93. The van der Waals surface area contributed by atoms with Gasteiger partial charge in [0.05, 0.1) is 17.6 Å². The zero-order chi connectivity index (χ0) is 13.8. The smallest absolute Gasteiger partial charge is 0.206 e. The van der Waals surface area contributed by atoms with Gasteiger partial charge in [-0.05, 0) is 24.6 Å². The number of rotatable bonds is 3. The Morgan fingerprint density at radius 3 is 2.65 bits per heavy atom. The van der Waals surface area contributed by atoms with Crippen LogP contribution in [0.1, 0.15) is 12.5 Å². The molecule has 0 radical (unpaired) electrons. The van der Waals surface area contributed by atoms with Crippen molar-refractivity contribution in [1.82, 2.24) is 9.97 Å². The van der Waals surface area contributed by atoms with Gasteiger partial charge in [0, 0.05) is 0 Å². The molecular weight excluding hydrogens is 248 g/mol. The van der Waals surface area contributed by atoms with E-state index in [4.69, 9.17) is 0 Å². The lowest BCUT2D eigenvalue weighted by atomic mass is 10.2. The fourth-order valence-corrected chi connectivity index (χ4v) is 2.02. The van der Waals surface area contributed by atoms with Crippen LogP contribution in [-0.4, -0.2) is 15.8 Å². The SMILES string of the molecule is CC(=NCc1ccccc1)Nc1nc2ccccc2[nH]1. The van der Waals surface area contributed by atoms with Crippen LogP contribution in [0.15, 0.2) is 59.6 Å². The molecule has 0 spiro atoms. The Kier molecular flexibility index (Phi) is 3.46. The summed E-state index contributed by atoms with van der Waals surface area (Å²) in [6.45, 7) is 2.61. The van der Waals surface area contributed by atoms with E-state index in [0.29, 0.717) is 6.54 Å². The monoisotopic (exact) mass is 264 g/mol. The van der Waals surface area contributed by atoms with Crippen LogP contribution in [0.5, 0.6) is 0 Å². The highest BCUT2D eigenvalue weighted by Crippen LogP contribution is 2.13. The highest BCUT2D eigenvalue weighted by atomic mass is 15.1. The van der Waals surface area contributed by atoms with E-state index < -0.39 is 0 Å². The first-order valence-electron chi connectivity index (χ1n) is 6.58. The molecule has 0 aliphatic heterocycles. The number of aromatic amines is 1. The molecule has 4 nitrogen and oxygen atoms in total. The van der Waals surface area contributed by atoms with Crippen LogP contribution in [-0.2, 0) is 6.54 Å². The largest absolute Gasteiger partial charge is 0.324 e. The molecule has 0 amide bonds. The molecule has 20 heavy (non-hydrogen) atoms. The van der Waals surface area contributed by atoms with E-state index in [1.165, 1.54) is 5.56 Å². The van der Waals surface area contributed by atoms with Crippen LogP contribution in [0.2, 0.25) is 0 Å². The van der Waals surface area contributed by atoms with Gasteiger partial charge in [-0.1, -0.05) is 42.5 Å². The molecule has 2 N–H and O–H groups in total. The number of para-hydroxylation sites is 2. The third-order valence-electron chi connectivity index (χ3n) is 3.03. The minimum Gasteiger partial charge on any atom is -0.324 e. The van der Waals surface area contributed by atoms with Gasteiger partial charge >= 0.3 is 0 Å². The Morgan fingerprint density at radius 2 is 1.85 bits per heavy atom. The number of fused-ring (bicyclic) bond motifs is 1. The Balaban J connectivity index is 1.70. The van der Waals surface area contributed by atoms with Crippen molar-refractivity contribution in [3.05, 3.63) is 60.2 Å². The van der Waals surface area contributed by atoms with Crippen LogP contribution in [0, 0.1) is 0 Å². The molecular formula is C16H16N4. The summed E-state index contributed by atoms with van der Waals surface area (Å²) in [6, 6.07) is 18.1. The van der Waals surface area contributed by atoms with Gasteiger partial charge in [-0.2, -0.15) is 0 Å². The Morgan fingerprint density at radius 1 is 1.10 bits per heavy atom. The lowest BCUT2D eigenvalue weighted by molar-refractivity contribution is 1.06. The molecule has 1 heterocycles. The van der Waals surface area contributed by atoms with Crippen molar-refractivity contribution in [1.29, 1.82) is 0 Å². The molecule has 0 atom stereocenters. The third kappa shape index (κ3) is 2.85. The molecule has 4 heteroatoms. The second-order valence-corrected chi connectivity index (χ2v) is 4.61. The second-order valence-electron chi connectivity index (χ2n) is 4.61. The number of benzene rings is 2. The lowest BCUT2D eigenvalue weighted by Crippen LogP contribution is -2.08. The number of hydrogen-bond acceptors (Lipinski definition) is 2. The molecule has 0 aliphatic rings. The molecule has 0 unspecified atom stereocenters. The third-order valence-corrected chi connectivity index (χ3v) is 3.03. The molecule has 3 rings (SSSR count). The summed E-state index contributed by atoms with van der Waals surface area (Å²) in [5.41, 5.74) is 3.16. The molecule has 0 saturated heterocycles. The Hall–Kier alpha value is -2.62. The molecule has 0 fully saturated rings. The molecule has 3 aromatic rings. The average molecular weight is 264 g/mol. The first kappa shape index (κ1) is 12.4. The van der Waals surface area contributed by atoms with Gasteiger partial charge < -0.3 is 10.3 Å². The average Bonchev–Trinajstić information content (AvgIpc) is 2.88. The molecule has 0 bridgehead atoms. The fourth-order valence-electron chi connectivity index (χ4n) is 2.02. The normalized spacial score (nSPS) is 11.8. The first-order chi connectivity index (χ1) is 9.81. The van der Waals surface area contributed by atoms with Gasteiger partial charge in [-0.25, -0.2) is 4.98 Å². The summed E-state index contributed by atoms with van der Waals surface area (Å²) in [4.78, 5) is 12.2. The Bertz CT molecular complexity index is 695. The second kappa shape index (κ2) is 5.57. The number of amidine groups is 1. The van der Waals surface area contributed by atoms with Crippen LogP contribution in [0.3, 0.4) is 0 Å². The zero-order valence-corrected chi connectivity index (χ0v) is 11.3. The van der Waals surface area contributed by atoms with E-state index in [2.05, 4.69) is 32.4 Å². The van der Waals surface area contributed by atoms with Gasteiger partial charge in [0.1, 0.15) is 5.84 Å². The molecule has 0 saturated carbocycles. The summed E-state index contributed by atoms with van der Waals surface area (Å²) in [6.07, 6.45) is 0. The number of aliphatic imine (C=N–C) groups is 1. The van der Waals surface area contributed by atoms with Crippen LogP contribution in [0.4, 0.5) is 5.95 Å². The maximum atomic E-state index is 4.51. The number of H-pyrrole nitrogens is 1. The van der Waals surface area contributed by atoms with Crippen molar-refractivity contribution in [3.63, 3.8) is 0 Å². The van der Waals surface area contributed by atoms with Crippen molar-refractivity contribution < 1.29 is 0 Å². The fraction of sp³-hybridized carbons (Fsp3) is 0.125. The molecule has 100 valence electrons. The topological polar surface area (TPSA) is 53.1 Å². The number of anilines is 1. The van der Waals surface area contributed by atoms with E-state index in [1.54, 1.807) is 0 Å². The standard InChI is InChI=1S/C16H16N4/c1-12(17-11-13-7-3-2-4-8-13)18-16-19-14-9-5-6-10-15(14)20-16/h2-10H,11H2,1H3,(H2,17,18,19,20). The maximum Gasteiger partial charge on any atom is 0.206 e. The summed E-state index contributed by atoms with van der Waals surface area (Å²) in [5.74, 6) is 1.56. The predicted molar refractivity (Wildman–Crippen MR) is 83.0 cm³/mol. The molecule has 2 aromatic carbocycles. The predicted octanol–water partition coefficient (Wildman–Crippen LogP) is 3.59. The quantitative estimate of drug-likeness (QED) is 0.561. The molecule has 0 aliphatic carbocycles. The van der Waals surface area contributed by atoms with Gasteiger partial charge in [0.25, 0.3) is 0 Å². The summed E-state index contributed by atoms with van der Waals surface area (Å²) in [5, 5.41) is 3.18. The maximum absolute atomic E-state index is 4.51. The number of aromatic nitrogens is 2. The van der Waals surface area contributed by atoms with E-state index >= 15 is 0 Å². The highest BCUT2D eigenvalue weighted by Gasteiger charge is 2.01. The van der Waals surface area contributed by atoms with Crippen molar-refractivity contribution in [3.8, 4) is 0 Å². The summed E-state index contributed by atoms with van der Waals surface area (Å²) < 4.78 is 0. The van der Waals surface area contributed by atoms with Crippen molar-refractivity contribution in [2.24, 2.45) is 4.99 Å². The van der Waals surface area contributed by atoms with Gasteiger partial charge in [0.15, 0.2) is 0 Å². The van der Waals surface area contributed by atoms with Crippen molar-refractivity contribution in [2.75, 3.05) is 5.32 Å². The summed E-state index contributed by atoms with van der Waals surface area (Å²) >= 11 is 0. The van der Waals surface area contributed by atoms with Crippen LogP contribution in [0.25, 0.3) is 11.0 Å². The van der Waals surface area contributed by atoms with Crippen LogP contribution < -0.4 is 5.32 Å².